The Hall–Kier alpha value is -1.07. The third-order valence-corrected chi connectivity index (χ3v) is 5.58. The van der Waals surface area contributed by atoms with Crippen LogP contribution in [0.15, 0.2) is 18.2 Å². The van der Waals surface area contributed by atoms with Gasteiger partial charge in [-0.2, -0.15) is 0 Å². The Kier molecular flexibility index (Phi) is 4.22. The van der Waals surface area contributed by atoms with E-state index in [0.29, 0.717) is 0 Å². The first kappa shape index (κ1) is 16.8. The van der Waals surface area contributed by atoms with Crippen LogP contribution in [0.4, 0.5) is 10.1 Å². The zero-order chi connectivity index (χ0) is 16.8. The summed E-state index contributed by atoms with van der Waals surface area (Å²) in [4.78, 5) is 2.26. The van der Waals surface area contributed by atoms with Gasteiger partial charge in [0.15, 0.2) is 0 Å². The molecule has 0 saturated carbocycles. The first-order valence-electron chi connectivity index (χ1n) is 8.59. The molecule has 0 aromatic heterocycles. The molecule has 0 bridgehead atoms. The highest BCUT2D eigenvalue weighted by molar-refractivity contribution is 6.62. The lowest BCUT2D eigenvalue weighted by molar-refractivity contribution is 0.00578. The maximum Gasteiger partial charge on any atom is 0.495 e. The molecule has 0 spiro atoms. The summed E-state index contributed by atoms with van der Waals surface area (Å²) in [7, 11) is -0.516. The van der Waals surface area contributed by atoms with E-state index >= 15 is 0 Å². The van der Waals surface area contributed by atoms with E-state index in [-0.39, 0.29) is 5.82 Å². The van der Waals surface area contributed by atoms with Crippen molar-refractivity contribution in [1.82, 2.24) is 0 Å². The normalized spacial score (nSPS) is 24.3. The standard InChI is InChI=1S/C18H27BFNO2/c1-13-6-8-21(9-7-13)16-11-14(10-15(20)12-16)19-22-17(2,3)18(4,5)23-19/h10-13H,6-9H2,1-5H3. The van der Waals surface area contributed by atoms with Crippen molar-refractivity contribution >= 4 is 18.3 Å². The van der Waals surface area contributed by atoms with Gasteiger partial charge in [0.25, 0.3) is 0 Å². The minimum Gasteiger partial charge on any atom is -0.399 e. The zero-order valence-electron chi connectivity index (χ0n) is 14.9. The topological polar surface area (TPSA) is 21.7 Å². The summed E-state index contributed by atoms with van der Waals surface area (Å²) in [5, 5.41) is 0. The summed E-state index contributed by atoms with van der Waals surface area (Å²) in [5.74, 6) is 0.521. The molecule has 2 aliphatic rings. The maximum atomic E-state index is 14.2. The van der Waals surface area contributed by atoms with Crippen molar-refractivity contribution in [3.63, 3.8) is 0 Å². The summed E-state index contributed by atoms with van der Waals surface area (Å²) < 4.78 is 26.3. The molecule has 1 aromatic carbocycles. The maximum absolute atomic E-state index is 14.2. The van der Waals surface area contributed by atoms with Crippen LogP contribution in [0, 0.1) is 11.7 Å². The van der Waals surface area contributed by atoms with Crippen LogP contribution in [0.5, 0.6) is 0 Å². The van der Waals surface area contributed by atoms with Gasteiger partial charge in [0.05, 0.1) is 11.2 Å². The molecule has 0 N–H and O–H groups in total. The summed E-state index contributed by atoms with van der Waals surface area (Å²) >= 11 is 0. The highest BCUT2D eigenvalue weighted by atomic mass is 19.1. The lowest BCUT2D eigenvalue weighted by Crippen LogP contribution is -2.41. The van der Waals surface area contributed by atoms with Crippen LogP contribution in [-0.2, 0) is 9.31 Å². The van der Waals surface area contributed by atoms with Gasteiger partial charge in [-0.15, -0.1) is 0 Å². The number of anilines is 1. The summed E-state index contributed by atoms with van der Waals surface area (Å²) in [5.41, 5.74) is 0.869. The highest BCUT2D eigenvalue weighted by Gasteiger charge is 2.51. The van der Waals surface area contributed by atoms with Crippen LogP contribution in [-0.4, -0.2) is 31.4 Å². The van der Waals surface area contributed by atoms with Crippen LogP contribution in [0.2, 0.25) is 0 Å². The molecule has 0 unspecified atom stereocenters. The summed E-state index contributed by atoms with van der Waals surface area (Å²) in [6.45, 7) is 12.3. The van der Waals surface area contributed by atoms with Gasteiger partial charge in [0, 0.05) is 18.8 Å². The van der Waals surface area contributed by atoms with Gasteiger partial charge in [-0.25, -0.2) is 4.39 Å². The number of nitrogens with zero attached hydrogens (tertiary/aromatic N) is 1. The molecule has 2 saturated heterocycles. The molecule has 2 fully saturated rings. The first-order chi connectivity index (χ1) is 10.7. The predicted molar refractivity (Wildman–Crippen MR) is 92.7 cm³/mol. The number of rotatable bonds is 2. The molecule has 0 aliphatic carbocycles. The third-order valence-electron chi connectivity index (χ3n) is 5.58. The minimum atomic E-state index is -0.516. The smallest absolute Gasteiger partial charge is 0.399 e. The molecule has 0 atom stereocenters. The second kappa shape index (κ2) is 5.78. The van der Waals surface area contributed by atoms with Crippen LogP contribution >= 0.6 is 0 Å². The molecule has 5 heteroatoms. The molecule has 3 nitrogen and oxygen atoms in total. The molecule has 23 heavy (non-hydrogen) atoms. The second-order valence-electron chi connectivity index (χ2n) is 8.00. The lowest BCUT2D eigenvalue weighted by atomic mass is 9.78. The Bertz CT molecular complexity index is 566. The Morgan fingerprint density at radius 1 is 1.04 bits per heavy atom. The van der Waals surface area contributed by atoms with Crippen LogP contribution in [0.3, 0.4) is 0 Å². The molecular weight excluding hydrogens is 292 g/mol. The van der Waals surface area contributed by atoms with Gasteiger partial charge in [0.1, 0.15) is 5.82 Å². The lowest BCUT2D eigenvalue weighted by Gasteiger charge is -2.32. The Labute approximate surface area is 139 Å². The molecule has 126 valence electrons. The van der Waals surface area contributed by atoms with Gasteiger partial charge in [0.2, 0.25) is 0 Å². The zero-order valence-corrected chi connectivity index (χ0v) is 14.9. The Morgan fingerprint density at radius 2 is 1.61 bits per heavy atom. The fourth-order valence-electron chi connectivity index (χ4n) is 3.16. The van der Waals surface area contributed by atoms with E-state index in [1.165, 1.54) is 6.07 Å². The van der Waals surface area contributed by atoms with E-state index < -0.39 is 18.3 Å². The van der Waals surface area contributed by atoms with Crippen molar-refractivity contribution in [3.05, 3.63) is 24.0 Å². The average molecular weight is 319 g/mol. The van der Waals surface area contributed by atoms with Crippen molar-refractivity contribution in [2.45, 2.75) is 58.7 Å². The van der Waals surface area contributed by atoms with Gasteiger partial charge in [-0.3, -0.25) is 0 Å². The number of benzene rings is 1. The van der Waals surface area contributed by atoms with E-state index in [9.17, 15) is 4.39 Å². The monoisotopic (exact) mass is 319 g/mol. The third kappa shape index (κ3) is 3.27. The minimum absolute atomic E-state index is 0.231. The molecule has 2 heterocycles. The second-order valence-corrected chi connectivity index (χ2v) is 8.00. The largest absolute Gasteiger partial charge is 0.495 e. The van der Waals surface area contributed by atoms with Crippen molar-refractivity contribution in [3.8, 4) is 0 Å². The number of piperidine rings is 1. The number of hydrogen-bond donors (Lipinski definition) is 0. The average Bonchev–Trinajstić information content (AvgIpc) is 2.67. The molecule has 0 radical (unpaired) electrons. The molecule has 2 aliphatic heterocycles. The summed E-state index contributed by atoms with van der Waals surface area (Å²) in [6, 6.07) is 5.16. The van der Waals surface area contributed by atoms with Gasteiger partial charge < -0.3 is 14.2 Å². The fourth-order valence-corrected chi connectivity index (χ4v) is 3.16. The van der Waals surface area contributed by atoms with Crippen molar-refractivity contribution in [2.24, 2.45) is 5.92 Å². The first-order valence-corrected chi connectivity index (χ1v) is 8.59. The van der Waals surface area contributed by atoms with E-state index in [4.69, 9.17) is 9.31 Å². The highest BCUT2D eigenvalue weighted by Crippen LogP contribution is 2.36. The van der Waals surface area contributed by atoms with Crippen molar-refractivity contribution < 1.29 is 13.7 Å². The predicted octanol–water partition coefficient (Wildman–Crippen LogP) is 3.36. The van der Waals surface area contributed by atoms with E-state index in [0.717, 1.165) is 43.0 Å². The SMILES string of the molecule is CC1CCN(c2cc(F)cc(B3OC(C)(C)C(C)(C)O3)c2)CC1. The fraction of sp³-hybridized carbons (Fsp3) is 0.667. The van der Waals surface area contributed by atoms with Gasteiger partial charge in [-0.05, 0) is 70.1 Å². The molecular formula is C18H27BFNO2. The van der Waals surface area contributed by atoms with Crippen LogP contribution in [0.25, 0.3) is 0 Å². The molecule has 0 amide bonds. The molecule has 3 rings (SSSR count). The van der Waals surface area contributed by atoms with Gasteiger partial charge >= 0.3 is 7.12 Å². The Balaban J connectivity index is 1.84. The number of hydrogen-bond acceptors (Lipinski definition) is 3. The van der Waals surface area contributed by atoms with Gasteiger partial charge in [-0.1, -0.05) is 6.92 Å². The van der Waals surface area contributed by atoms with Crippen LogP contribution in [0.1, 0.15) is 47.5 Å². The van der Waals surface area contributed by atoms with Crippen LogP contribution < -0.4 is 10.4 Å². The van der Waals surface area contributed by atoms with Crippen molar-refractivity contribution in [2.75, 3.05) is 18.0 Å². The number of halogens is 1. The molecule has 1 aromatic rings. The van der Waals surface area contributed by atoms with E-state index in [2.05, 4.69) is 11.8 Å². The van der Waals surface area contributed by atoms with E-state index in [1.807, 2.05) is 33.8 Å². The van der Waals surface area contributed by atoms with Crippen molar-refractivity contribution in [1.29, 1.82) is 0 Å². The van der Waals surface area contributed by atoms with E-state index in [1.54, 1.807) is 6.07 Å². The Morgan fingerprint density at radius 3 is 2.17 bits per heavy atom. The summed E-state index contributed by atoms with van der Waals surface area (Å²) in [6.07, 6.45) is 2.31. The quantitative estimate of drug-likeness (QED) is 0.780.